The highest BCUT2D eigenvalue weighted by atomic mass is 16.5. The summed E-state index contributed by atoms with van der Waals surface area (Å²) in [5.41, 5.74) is 0.519. The van der Waals surface area contributed by atoms with Crippen LogP contribution in [0.1, 0.15) is 38.2 Å². The first-order valence-electron chi connectivity index (χ1n) is 11.4. The molecule has 1 unspecified atom stereocenters. The van der Waals surface area contributed by atoms with Crippen LogP contribution in [0.3, 0.4) is 0 Å². The van der Waals surface area contributed by atoms with Crippen molar-refractivity contribution in [1.82, 2.24) is 15.1 Å². The molecule has 32 heavy (non-hydrogen) atoms. The second-order valence-electron chi connectivity index (χ2n) is 8.71. The van der Waals surface area contributed by atoms with Crippen LogP contribution in [-0.2, 0) is 19.1 Å². The fourth-order valence-corrected chi connectivity index (χ4v) is 4.70. The maximum absolute atomic E-state index is 13.2. The number of ether oxygens (including phenoxy) is 2. The van der Waals surface area contributed by atoms with Crippen molar-refractivity contribution < 1.29 is 23.9 Å². The molecule has 8 nitrogen and oxygen atoms in total. The van der Waals surface area contributed by atoms with Crippen LogP contribution in [-0.4, -0.2) is 80.1 Å². The van der Waals surface area contributed by atoms with Crippen molar-refractivity contribution in [2.45, 2.75) is 45.6 Å². The molecule has 1 N–H and O–H groups in total. The minimum Gasteiger partial charge on any atom is -0.484 e. The molecule has 2 fully saturated rings. The first-order chi connectivity index (χ1) is 15.4. The lowest BCUT2D eigenvalue weighted by Crippen LogP contribution is -2.48. The Morgan fingerprint density at radius 2 is 2.00 bits per heavy atom. The number of nitrogens with one attached hydrogen (secondary N) is 1. The van der Waals surface area contributed by atoms with Gasteiger partial charge in [0.1, 0.15) is 11.8 Å². The van der Waals surface area contributed by atoms with Crippen molar-refractivity contribution >= 4 is 17.7 Å². The van der Waals surface area contributed by atoms with Gasteiger partial charge in [0, 0.05) is 39.9 Å². The normalized spacial score (nSPS) is 20.0. The number of nitrogens with zero attached hydrogens (tertiary/aromatic N) is 2. The van der Waals surface area contributed by atoms with Gasteiger partial charge in [0.25, 0.3) is 5.91 Å². The van der Waals surface area contributed by atoms with Gasteiger partial charge >= 0.3 is 0 Å². The van der Waals surface area contributed by atoms with Crippen molar-refractivity contribution in [3.05, 3.63) is 29.8 Å². The average Bonchev–Trinajstić information content (AvgIpc) is 3.06. The summed E-state index contributed by atoms with van der Waals surface area (Å²) in [6.45, 7) is 6.49. The lowest BCUT2D eigenvalue weighted by molar-refractivity contribution is -0.144. The molecule has 2 heterocycles. The largest absolute Gasteiger partial charge is 0.484 e. The molecule has 0 aromatic heterocycles. The summed E-state index contributed by atoms with van der Waals surface area (Å²) in [6, 6.07) is 7.17. The summed E-state index contributed by atoms with van der Waals surface area (Å²) in [5.74, 6) is 0.542. The first-order valence-corrected chi connectivity index (χ1v) is 11.4. The van der Waals surface area contributed by atoms with Gasteiger partial charge in [-0.2, -0.15) is 0 Å². The third kappa shape index (κ3) is 5.41. The van der Waals surface area contributed by atoms with Gasteiger partial charge in [0.05, 0.1) is 5.41 Å². The SMILES string of the molecule is CCN1C(=O)C2(CCN(C(=O)COc3cccc(C)c3)CC2)CC1C(=O)NCCCOC. The van der Waals surface area contributed by atoms with E-state index in [1.54, 1.807) is 16.9 Å². The van der Waals surface area contributed by atoms with Crippen LogP contribution >= 0.6 is 0 Å². The van der Waals surface area contributed by atoms with E-state index in [0.717, 1.165) is 12.0 Å². The molecule has 2 aliphatic rings. The van der Waals surface area contributed by atoms with Crippen LogP contribution in [0, 0.1) is 12.3 Å². The number of rotatable bonds is 9. The second-order valence-corrected chi connectivity index (χ2v) is 8.71. The molecular weight excluding hydrogens is 410 g/mol. The summed E-state index contributed by atoms with van der Waals surface area (Å²) in [4.78, 5) is 42.1. The highest BCUT2D eigenvalue weighted by Gasteiger charge is 2.54. The quantitative estimate of drug-likeness (QED) is 0.585. The number of benzene rings is 1. The molecule has 0 radical (unpaired) electrons. The van der Waals surface area contributed by atoms with E-state index in [9.17, 15) is 14.4 Å². The highest BCUT2D eigenvalue weighted by molar-refractivity contribution is 5.94. The van der Waals surface area contributed by atoms with Crippen LogP contribution in [0.25, 0.3) is 0 Å². The van der Waals surface area contributed by atoms with E-state index < -0.39 is 11.5 Å². The summed E-state index contributed by atoms with van der Waals surface area (Å²) in [5, 5.41) is 2.94. The lowest BCUT2D eigenvalue weighted by Gasteiger charge is -2.37. The molecule has 1 atom stereocenters. The molecule has 0 aliphatic carbocycles. The predicted molar refractivity (Wildman–Crippen MR) is 120 cm³/mol. The number of likely N-dealkylation sites (tertiary alicyclic amines) is 2. The number of piperidine rings is 1. The minimum atomic E-state index is -0.557. The number of aryl methyl sites for hydroxylation is 1. The predicted octanol–water partition coefficient (Wildman–Crippen LogP) is 1.76. The third-order valence-corrected chi connectivity index (χ3v) is 6.57. The molecule has 3 rings (SSSR count). The van der Waals surface area contributed by atoms with E-state index in [0.29, 0.717) is 57.8 Å². The Kier molecular flexibility index (Phi) is 8.12. The lowest BCUT2D eigenvalue weighted by atomic mass is 9.76. The van der Waals surface area contributed by atoms with Gasteiger partial charge in [-0.15, -0.1) is 0 Å². The van der Waals surface area contributed by atoms with Crippen molar-refractivity contribution in [3.8, 4) is 5.75 Å². The van der Waals surface area contributed by atoms with E-state index in [2.05, 4.69) is 5.32 Å². The molecule has 1 spiro atoms. The number of hydrogen-bond donors (Lipinski definition) is 1. The zero-order valence-electron chi connectivity index (χ0n) is 19.4. The van der Waals surface area contributed by atoms with Crippen LogP contribution in [0.2, 0.25) is 0 Å². The minimum absolute atomic E-state index is 0.0159. The van der Waals surface area contributed by atoms with E-state index in [4.69, 9.17) is 9.47 Å². The van der Waals surface area contributed by atoms with E-state index >= 15 is 0 Å². The fraction of sp³-hybridized carbons (Fsp3) is 0.625. The topological polar surface area (TPSA) is 88.2 Å². The van der Waals surface area contributed by atoms with E-state index in [1.807, 2.05) is 38.1 Å². The smallest absolute Gasteiger partial charge is 0.260 e. The van der Waals surface area contributed by atoms with Gasteiger partial charge < -0.3 is 24.6 Å². The number of likely N-dealkylation sites (N-methyl/N-ethyl adjacent to an activating group) is 1. The van der Waals surface area contributed by atoms with Gasteiger partial charge in [0.15, 0.2) is 6.61 Å². The Hall–Kier alpha value is -2.61. The summed E-state index contributed by atoms with van der Waals surface area (Å²) in [7, 11) is 1.63. The number of methoxy groups -OCH3 is 1. The first kappa shape index (κ1) is 24.0. The molecule has 8 heteroatoms. The molecule has 2 aliphatic heterocycles. The Morgan fingerprint density at radius 3 is 2.66 bits per heavy atom. The van der Waals surface area contributed by atoms with Gasteiger partial charge in [-0.1, -0.05) is 12.1 Å². The summed E-state index contributed by atoms with van der Waals surface area (Å²) >= 11 is 0. The Bertz CT molecular complexity index is 820. The zero-order chi connectivity index (χ0) is 23.1. The molecule has 3 amide bonds. The molecule has 0 saturated carbocycles. The second kappa shape index (κ2) is 10.8. The van der Waals surface area contributed by atoms with Crippen molar-refractivity contribution in [2.24, 2.45) is 5.41 Å². The summed E-state index contributed by atoms with van der Waals surface area (Å²) in [6.07, 6.45) is 2.40. The van der Waals surface area contributed by atoms with Gasteiger partial charge in [0.2, 0.25) is 11.8 Å². The van der Waals surface area contributed by atoms with Crippen LogP contribution in [0.15, 0.2) is 24.3 Å². The standard InChI is InChI=1S/C24H35N3O5/c1-4-27-20(22(29)25-11-6-14-31-3)16-24(23(27)30)9-12-26(13-10-24)21(28)17-32-19-8-5-7-18(2)15-19/h5,7-8,15,20H,4,6,9-14,16-17H2,1-3H3,(H,25,29). The van der Waals surface area contributed by atoms with Crippen LogP contribution in [0.5, 0.6) is 5.75 Å². The van der Waals surface area contributed by atoms with Gasteiger partial charge in [-0.05, 0) is 57.2 Å². The van der Waals surface area contributed by atoms with E-state index in [1.165, 1.54) is 0 Å². The number of carbonyl (C=O) groups is 3. The molecule has 0 bridgehead atoms. The molecular formula is C24H35N3O5. The number of amides is 3. The maximum atomic E-state index is 13.2. The number of carbonyl (C=O) groups excluding carboxylic acids is 3. The third-order valence-electron chi connectivity index (χ3n) is 6.57. The Labute approximate surface area is 190 Å². The Balaban J connectivity index is 1.54. The van der Waals surface area contributed by atoms with Crippen molar-refractivity contribution in [1.29, 1.82) is 0 Å². The molecule has 176 valence electrons. The average molecular weight is 446 g/mol. The molecule has 1 aromatic rings. The van der Waals surface area contributed by atoms with Gasteiger partial charge in [-0.3, -0.25) is 14.4 Å². The monoisotopic (exact) mass is 445 g/mol. The molecule has 1 aromatic carbocycles. The summed E-state index contributed by atoms with van der Waals surface area (Å²) < 4.78 is 10.7. The Morgan fingerprint density at radius 1 is 1.25 bits per heavy atom. The molecule has 2 saturated heterocycles. The fourth-order valence-electron chi connectivity index (χ4n) is 4.70. The van der Waals surface area contributed by atoms with Crippen LogP contribution in [0.4, 0.5) is 0 Å². The van der Waals surface area contributed by atoms with Gasteiger partial charge in [-0.25, -0.2) is 0 Å². The number of hydrogen-bond acceptors (Lipinski definition) is 5. The van der Waals surface area contributed by atoms with Crippen molar-refractivity contribution in [2.75, 3.05) is 46.5 Å². The van der Waals surface area contributed by atoms with Crippen LogP contribution < -0.4 is 10.1 Å². The maximum Gasteiger partial charge on any atom is 0.260 e. The van der Waals surface area contributed by atoms with Crippen molar-refractivity contribution in [3.63, 3.8) is 0 Å². The zero-order valence-corrected chi connectivity index (χ0v) is 19.4. The van der Waals surface area contributed by atoms with E-state index in [-0.39, 0.29) is 24.3 Å². The highest BCUT2D eigenvalue weighted by Crippen LogP contribution is 2.44.